The molecule has 2 aliphatic heterocycles. The van der Waals surface area contributed by atoms with Crippen LogP contribution in [0.5, 0.6) is 0 Å². The molecule has 0 saturated carbocycles. The predicted molar refractivity (Wildman–Crippen MR) is 89.3 cm³/mol. The van der Waals surface area contributed by atoms with Gasteiger partial charge in [-0.1, -0.05) is 34.1 Å². The summed E-state index contributed by atoms with van der Waals surface area (Å²) in [5.74, 6) is 3.09. The molecule has 0 radical (unpaired) electrons. The fraction of sp³-hybridized carbons (Fsp3) is 0.625. The van der Waals surface area contributed by atoms with Gasteiger partial charge in [0.05, 0.1) is 5.60 Å². The van der Waals surface area contributed by atoms with E-state index >= 15 is 0 Å². The van der Waals surface area contributed by atoms with E-state index in [4.69, 9.17) is 4.74 Å². The minimum atomic E-state index is 0.157. The van der Waals surface area contributed by atoms with Gasteiger partial charge >= 0.3 is 0 Å². The lowest BCUT2D eigenvalue weighted by atomic mass is 9.79. The minimum Gasteiger partial charge on any atom is -0.374 e. The summed E-state index contributed by atoms with van der Waals surface area (Å²) >= 11 is 5.75. The van der Waals surface area contributed by atoms with Crippen molar-refractivity contribution in [1.82, 2.24) is 5.32 Å². The Morgan fingerprint density at radius 2 is 2.30 bits per heavy atom. The quantitative estimate of drug-likeness (QED) is 0.884. The maximum atomic E-state index is 6.16. The molecule has 2 saturated heterocycles. The summed E-state index contributed by atoms with van der Waals surface area (Å²) in [5, 5.41) is 3.54. The Bertz CT molecular complexity index is 462. The zero-order valence-electron chi connectivity index (χ0n) is 11.9. The first-order chi connectivity index (χ1) is 9.74. The van der Waals surface area contributed by atoms with Crippen molar-refractivity contribution in [3.8, 4) is 0 Å². The number of ether oxygens (including phenoxy) is 1. The van der Waals surface area contributed by atoms with E-state index in [0.29, 0.717) is 12.0 Å². The largest absolute Gasteiger partial charge is 0.374 e. The Hall–Kier alpha value is -0.0300. The average Bonchev–Trinajstić information content (AvgIpc) is 2.90. The molecule has 2 fully saturated rings. The van der Waals surface area contributed by atoms with Gasteiger partial charge in [-0.25, -0.2) is 0 Å². The first-order valence-corrected chi connectivity index (χ1v) is 9.32. The molecule has 0 bridgehead atoms. The first-order valence-electron chi connectivity index (χ1n) is 7.37. The van der Waals surface area contributed by atoms with Gasteiger partial charge in [0.15, 0.2) is 0 Å². The molecule has 0 aromatic heterocycles. The van der Waals surface area contributed by atoms with Crippen LogP contribution in [-0.4, -0.2) is 30.8 Å². The Balaban J connectivity index is 1.81. The molecule has 1 spiro atoms. The van der Waals surface area contributed by atoms with Crippen LogP contribution in [0, 0.1) is 5.92 Å². The van der Waals surface area contributed by atoms with Crippen LogP contribution in [0.25, 0.3) is 0 Å². The van der Waals surface area contributed by atoms with E-state index in [0.717, 1.165) is 13.0 Å². The lowest BCUT2D eigenvalue weighted by molar-refractivity contribution is -0.0851. The molecule has 110 valence electrons. The van der Waals surface area contributed by atoms with Gasteiger partial charge < -0.3 is 10.1 Å². The lowest BCUT2D eigenvalue weighted by Gasteiger charge is -2.41. The monoisotopic (exact) mass is 355 g/mol. The topological polar surface area (TPSA) is 21.3 Å². The van der Waals surface area contributed by atoms with Crippen molar-refractivity contribution in [3.63, 3.8) is 0 Å². The summed E-state index contributed by atoms with van der Waals surface area (Å²) in [6, 6.07) is 9.00. The molecule has 2 heterocycles. The third kappa shape index (κ3) is 2.94. The molecule has 20 heavy (non-hydrogen) atoms. The second kappa shape index (κ2) is 6.39. The lowest BCUT2D eigenvalue weighted by Crippen LogP contribution is -2.43. The van der Waals surface area contributed by atoms with Gasteiger partial charge in [-0.05, 0) is 49.6 Å². The van der Waals surface area contributed by atoms with Gasteiger partial charge in [0.2, 0.25) is 0 Å². The third-order valence-electron chi connectivity index (χ3n) is 4.62. The second-order valence-corrected chi connectivity index (χ2v) is 7.83. The van der Waals surface area contributed by atoms with E-state index in [1.807, 2.05) is 11.8 Å². The van der Waals surface area contributed by atoms with Gasteiger partial charge in [0, 0.05) is 22.9 Å². The summed E-state index contributed by atoms with van der Waals surface area (Å²) in [5.41, 5.74) is 1.53. The molecule has 4 heteroatoms. The van der Waals surface area contributed by atoms with Crippen molar-refractivity contribution in [1.29, 1.82) is 0 Å². The van der Waals surface area contributed by atoms with Crippen molar-refractivity contribution in [2.45, 2.75) is 30.9 Å². The van der Waals surface area contributed by atoms with E-state index in [9.17, 15) is 0 Å². The zero-order valence-corrected chi connectivity index (χ0v) is 14.3. The van der Waals surface area contributed by atoms with Crippen LogP contribution in [0.2, 0.25) is 0 Å². The molecule has 3 rings (SSSR count). The van der Waals surface area contributed by atoms with Crippen molar-refractivity contribution in [3.05, 3.63) is 34.3 Å². The smallest absolute Gasteiger partial charge is 0.0783 e. The van der Waals surface area contributed by atoms with Crippen molar-refractivity contribution in [2.75, 3.05) is 25.2 Å². The molecule has 2 aliphatic rings. The molecule has 0 aliphatic carbocycles. The minimum absolute atomic E-state index is 0.157. The highest BCUT2D eigenvalue weighted by atomic mass is 79.9. The highest BCUT2D eigenvalue weighted by molar-refractivity contribution is 9.10. The number of rotatable bonds is 3. The average molecular weight is 356 g/mol. The van der Waals surface area contributed by atoms with Gasteiger partial charge in [0.25, 0.3) is 0 Å². The van der Waals surface area contributed by atoms with E-state index < -0.39 is 0 Å². The Labute approximate surface area is 134 Å². The second-order valence-electron chi connectivity index (χ2n) is 5.87. The first kappa shape index (κ1) is 14.9. The van der Waals surface area contributed by atoms with E-state index in [1.165, 1.54) is 34.4 Å². The third-order valence-corrected chi connectivity index (χ3v) is 6.57. The number of nitrogens with one attached hydrogen (secondary N) is 1. The van der Waals surface area contributed by atoms with E-state index in [2.05, 4.69) is 52.6 Å². The molecular weight excluding hydrogens is 334 g/mol. The number of hydrogen-bond acceptors (Lipinski definition) is 3. The Kier molecular flexibility index (Phi) is 4.75. The Morgan fingerprint density at radius 3 is 3.00 bits per heavy atom. The van der Waals surface area contributed by atoms with Gasteiger partial charge in [-0.15, -0.1) is 0 Å². The number of benzene rings is 1. The van der Waals surface area contributed by atoms with Crippen molar-refractivity contribution in [2.24, 2.45) is 5.92 Å². The molecule has 2 nitrogen and oxygen atoms in total. The summed E-state index contributed by atoms with van der Waals surface area (Å²) in [7, 11) is 2.08. The van der Waals surface area contributed by atoms with Crippen LogP contribution >= 0.6 is 27.7 Å². The highest BCUT2D eigenvalue weighted by Gasteiger charge is 2.42. The molecule has 3 atom stereocenters. The normalized spacial score (nSPS) is 31.6. The van der Waals surface area contributed by atoms with Crippen molar-refractivity contribution < 1.29 is 4.74 Å². The summed E-state index contributed by atoms with van der Waals surface area (Å²) < 4.78 is 7.37. The maximum Gasteiger partial charge on any atom is 0.0783 e. The summed E-state index contributed by atoms with van der Waals surface area (Å²) in [6.45, 7) is 0.911. The number of hydrogen-bond donors (Lipinski definition) is 1. The van der Waals surface area contributed by atoms with Crippen molar-refractivity contribution >= 4 is 27.7 Å². The zero-order chi connectivity index (χ0) is 14.0. The molecule has 0 amide bonds. The Morgan fingerprint density at radius 1 is 1.45 bits per heavy atom. The molecule has 3 unspecified atom stereocenters. The van der Waals surface area contributed by atoms with Crippen LogP contribution < -0.4 is 5.32 Å². The summed E-state index contributed by atoms with van der Waals surface area (Å²) in [4.78, 5) is 0. The van der Waals surface area contributed by atoms with Crippen LogP contribution in [0.4, 0.5) is 0 Å². The standard InChI is InChI=1S/C16H22BrNOS/c1-18-15(13-4-2-3-5-14(13)17)12-6-8-19-16(10-12)7-9-20-11-16/h2-5,12,15,18H,6-11H2,1H3. The molecule has 1 N–H and O–H groups in total. The van der Waals surface area contributed by atoms with Gasteiger partial charge in [-0.3, -0.25) is 0 Å². The highest BCUT2D eigenvalue weighted by Crippen LogP contribution is 2.44. The van der Waals surface area contributed by atoms with Crippen LogP contribution in [0.15, 0.2) is 28.7 Å². The predicted octanol–water partition coefficient (Wildman–Crippen LogP) is 4.01. The number of thioether (sulfide) groups is 1. The van der Waals surface area contributed by atoms with Crippen LogP contribution in [0.3, 0.4) is 0 Å². The van der Waals surface area contributed by atoms with Crippen LogP contribution in [0.1, 0.15) is 30.9 Å². The van der Waals surface area contributed by atoms with E-state index in [1.54, 1.807) is 0 Å². The van der Waals surface area contributed by atoms with E-state index in [-0.39, 0.29) is 5.60 Å². The SMILES string of the molecule is CNC(c1ccccc1Br)C1CCOC2(CCSC2)C1. The molecule has 1 aromatic rings. The molecule has 1 aromatic carbocycles. The number of halogens is 1. The van der Waals surface area contributed by atoms with Crippen LogP contribution in [-0.2, 0) is 4.74 Å². The van der Waals surface area contributed by atoms with Gasteiger partial charge in [-0.2, -0.15) is 11.8 Å². The fourth-order valence-electron chi connectivity index (χ4n) is 3.59. The summed E-state index contributed by atoms with van der Waals surface area (Å²) in [6.07, 6.45) is 3.56. The maximum absolute atomic E-state index is 6.16. The fourth-order valence-corrected chi connectivity index (χ4v) is 5.50. The molecular formula is C16H22BrNOS. The van der Waals surface area contributed by atoms with Gasteiger partial charge in [0.1, 0.15) is 0 Å².